The highest BCUT2D eigenvalue weighted by atomic mass is 32.2. The Labute approximate surface area is 98.2 Å². The van der Waals surface area contributed by atoms with E-state index < -0.39 is 16.2 Å². The fraction of sp³-hybridized carbons (Fsp3) is 0.571. The number of aromatic nitrogens is 3. The lowest BCUT2D eigenvalue weighted by Crippen LogP contribution is -2.35. The van der Waals surface area contributed by atoms with E-state index in [1.807, 2.05) is 0 Å². The van der Waals surface area contributed by atoms with Crippen LogP contribution >= 0.6 is 0 Å². The van der Waals surface area contributed by atoms with Crippen LogP contribution < -0.4 is 4.72 Å². The molecule has 0 amide bonds. The first-order chi connectivity index (χ1) is 7.81. The maximum absolute atomic E-state index is 11.4. The van der Waals surface area contributed by atoms with Crippen LogP contribution in [0.15, 0.2) is 6.20 Å². The second-order valence-corrected chi connectivity index (χ2v) is 5.38. The Hall–Kier alpha value is -1.52. The number of carboxylic acids is 1. The van der Waals surface area contributed by atoms with E-state index in [2.05, 4.69) is 15.0 Å². The van der Waals surface area contributed by atoms with Gasteiger partial charge in [-0.1, -0.05) is 5.21 Å². The molecular formula is C7H13N5O4S. The second kappa shape index (κ2) is 5.21. The number of hydrogen-bond acceptors (Lipinski definition) is 5. The Morgan fingerprint density at radius 3 is 2.76 bits per heavy atom. The van der Waals surface area contributed by atoms with Crippen molar-refractivity contribution in [2.45, 2.75) is 13.1 Å². The molecular weight excluding hydrogens is 250 g/mol. The minimum absolute atomic E-state index is 0.0415. The normalized spacial score (nSPS) is 11.9. The molecule has 1 heterocycles. The molecule has 1 aromatic heterocycles. The standard InChI is InChI=1S/C7H13N5O4S/c1-11(2)17(15,16)8-3-6-4-12(10-9-6)5-7(13)14/h4,8H,3,5H2,1-2H3,(H,13,14). The van der Waals surface area contributed by atoms with Gasteiger partial charge in [-0.05, 0) is 0 Å². The summed E-state index contributed by atoms with van der Waals surface area (Å²) in [6, 6.07) is 0. The first kappa shape index (κ1) is 13.5. The zero-order valence-corrected chi connectivity index (χ0v) is 10.2. The Morgan fingerprint density at radius 1 is 1.59 bits per heavy atom. The average Bonchev–Trinajstić information content (AvgIpc) is 2.61. The molecule has 0 bridgehead atoms. The molecule has 1 rings (SSSR count). The highest BCUT2D eigenvalue weighted by molar-refractivity contribution is 7.87. The van der Waals surface area contributed by atoms with Crippen molar-refractivity contribution in [1.29, 1.82) is 0 Å². The molecule has 0 unspecified atom stereocenters. The Kier molecular flexibility index (Phi) is 4.15. The third kappa shape index (κ3) is 4.09. The van der Waals surface area contributed by atoms with E-state index in [4.69, 9.17) is 5.11 Å². The quantitative estimate of drug-likeness (QED) is 0.629. The van der Waals surface area contributed by atoms with Crippen molar-refractivity contribution in [3.05, 3.63) is 11.9 Å². The number of aliphatic carboxylic acids is 1. The SMILES string of the molecule is CN(C)S(=O)(=O)NCc1cn(CC(=O)O)nn1. The summed E-state index contributed by atoms with van der Waals surface area (Å²) in [5.41, 5.74) is 0.344. The van der Waals surface area contributed by atoms with E-state index in [0.717, 1.165) is 8.99 Å². The smallest absolute Gasteiger partial charge is 0.325 e. The number of rotatable bonds is 6. The molecule has 0 atom stereocenters. The molecule has 1 aromatic rings. The van der Waals surface area contributed by atoms with E-state index in [1.54, 1.807) is 0 Å². The lowest BCUT2D eigenvalue weighted by Gasteiger charge is -2.10. The van der Waals surface area contributed by atoms with Crippen LogP contribution in [-0.4, -0.2) is 52.9 Å². The minimum atomic E-state index is -3.52. The van der Waals surface area contributed by atoms with Crippen molar-refractivity contribution in [2.24, 2.45) is 0 Å². The number of carboxylic acid groups (broad SMARTS) is 1. The van der Waals surface area contributed by atoms with Crippen molar-refractivity contribution in [2.75, 3.05) is 14.1 Å². The Morgan fingerprint density at radius 2 is 2.24 bits per heavy atom. The Bertz CT molecular complexity index is 494. The summed E-state index contributed by atoms with van der Waals surface area (Å²) in [6.07, 6.45) is 1.37. The molecule has 96 valence electrons. The summed E-state index contributed by atoms with van der Waals surface area (Å²) in [5.74, 6) is -1.05. The van der Waals surface area contributed by atoms with Gasteiger partial charge in [0.2, 0.25) is 0 Å². The second-order valence-electron chi connectivity index (χ2n) is 3.41. The summed E-state index contributed by atoms with van der Waals surface area (Å²) < 4.78 is 27.1. The molecule has 0 aliphatic rings. The van der Waals surface area contributed by atoms with E-state index in [-0.39, 0.29) is 13.1 Å². The van der Waals surface area contributed by atoms with Gasteiger partial charge in [0, 0.05) is 14.1 Å². The summed E-state index contributed by atoms with van der Waals surface area (Å²) in [7, 11) is -0.735. The number of carbonyl (C=O) groups is 1. The molecule has 0 radical (unpaired) electrons. The van der Waals surface area contributed by atoms with Crippen LogP contribution in [0.2, 0.25) is 0 Å². The molecule has 0 spiro atoms. The maximum Gasteiger partial charge on any atom is 0.325 e. The summed E-state index contributed by atoms with van der Waals surface area (Å²) in [5, 5.41) is 15.7. The van der Waals surface area contributed by atoms with Crippen LogP contribution in [0.25, 0.3) is 0 Å². The van der Waals surface area contributed by atoms with Gasteiger partial charge in [0.05, 0.1) is 18.4 Å². The van der Waals surface area contributed by atoms with E-state index >= 15 is 0 Å². The molecule has 10 heteroatoms. The zero-order chi connectivity index (χ0) is 13.1. The van der Waals surface area contributed by atoms with Crippen molar-refractivity contribution in [3.8, 4) is 0 Å². The molecule has 2 N–H and O–H groups in total. The zero-order valence-electron chi connectivity index (χ0n) is 9.36. The largest absolute Gasteiger partial charge is 0.480 e. The first-order valence-corrected chi connectivity index (χ1v) is 6.03. The van der Waals surface area contributed by atoms with Crippen LogP contribution in [0.4, 0.5) is 0 Å². The van der Waals surface area contributed by atoms with Crippen molar-refractivity contribution < 1.29 is 18.3 Å². The van der Waals surface area contributed by atoms with E-state index in [0.29, 0.717) is 5.69 Å². The van der Waals surface area contributed by atoms with Gasteiger partial charge in [-0.25, -0.2) is 4.68 Å². The number of nitrogens with one attached hydrogen (secondary N) is 1. The molecule has 0 aromatic carbocycles. The molecule has 0 saturated carbocycles. The molecule has 0 saturated heterocycles. The monoisotopic (exact) mass is 263 g/mol. The van der Waals surface area contributed by atoms with Crippen LogP contribution in [0, 0.1) is 0 Å². The fourth-order valence-electron chi connectivity index (χ4n) is 0.930. The van der Waals surface area contributed by atoms with Gasteiger partial charge in [-0.2, -0.15) is 17.4 Å². The van der Waals surface area contributed by atoms with Crippen LogP contribution in [-0.2, 0) is 28.1 Å². The van der Waals surface area contributed by atoms with Gasteiger partial charge in [0.25, 0.3) is 10.2 Å². The summed E-state index contributed by atoms with van der Waals surface area (Å²) in [6.45, 7) is -0.354. The summed E-state index contributed by atoms with van der Waals surface area (Å²) >= 11 is 0. The minimum Gasteiger partial charge on any atom is -0.480 e. The average molecular weight is 263 g/mol. The third-order valence-corrected chi connectivity index (χ3v) is 3.27. The molecule has 9 nitrogen and oxygen atoms in total. The van der Waals surface area contributed by atoms with Gasteiger partial charge in [0.1, 0.15) is 6.54 Å². The first-order valence-electron chi connectivity index (χ1n) is 4.59. The van der Waals surface area contributed by atoms with Gasteiger partial charge in [-0.3, -0.25) is 4.79 Å². The third-order valence-electron chi connectivity index (χ3n) is 1.80. The number of hydrogen-bond donors (Lipinski definition) is 2. The Balaban J connectivity index is 2.59. The molecule has 0 fully saturated rings. The highest BCUT2D eigenvalue weighted by Crippen LogP contribution is 1.96. The fourth-order valence-corrected chi connectivity index (χ4v) is 1.52. The van der Waals surface area contributed by atoms with E-state index in [1.165, 1.54) is 20.3 Å². The molecule has 17 heavy (non-hydrogen) atoms. The number of nitrogens with zero attached hydrogens (tertiary/aromatic N) is 4. The lowest BCUT2D eigenvalue weighted by molar-refractivity contribution is -0.137. The highest BCUT2D eigenvalue weighted by Gasteiger charge is 2.13. The topological polar surface area (TPSA) is 117 Å². The van der Waals surface area contributed by atoms with Crippen LogP contribution in [0.1, 0.15) is 5.69 Å². The van der Waals surface area contributed by atoms with Crippen LogP contribution in [0.3, 0.4) is 0 Å². The predicted molar refractivity (Wildman–Crippen MR) is 57.1 cm³/mol. The predicted octanol–water partition coefficient (Wildman–Crippen LogP) is -1.74. The van der Waals surface area contributed by atoms with Gasteiger partial charge >= 0.3 is 5.97 Å². The summed E-state index contributed by atoms with van der Waals surface area (Å²) in [4.78, 5) is 10.4. The van der Waals surface area contributed by atoms with Crippen LogP contribution in [0.5, 0.6) is 0 Å². The van der Waals surface area contributed by atoms with Gasteiger partial charge in [-0.15, -0.1) is 5.10 Å². The lowest BCUT2D eigenvalue weighted by atomic mass is 10.5. The van der Waals surface area contributed by atoms with E-state index in [9.17, 15) is 13.2 Å². The van der Waals surface area contributed by atoms with Crippen molar-refractivity contribution in [3.63, 3.8) is 0 Å². The van der Waals surface area contributed by atoms with Gasteiger partial charge < -0.3 is 5.11 Å². The maximum atomic E-state index is 11.4. The van der Waals surface area contributed by atoms with Gasteiger partial charge in [0.15, 0.2) is 0 Å². The van der Waals surface area contributed by atoms with Crippen molar-refractivity contribution in [1.82, 2.24) is 24.0 Å². The van der Waals surface area contributed by atoms with Crippen molar-refractivity contribution >= 4 is 16.2 Å². The molecule has 0 aliphatic carbocycles. The molecule has 0 aliphatic heterocycles.